The third kappa shape index (κ3) is 6.09. The quantitative estimate of drug-likeness (QED) is 0.186. The van der Waals surface area contributed by atoms with Crippen molar-refractivity contribution in [1.82, 2.24) is 0 Å². The van der Waals surface area contributed by atoms with Gasteiger partial charge in [-0.05, 0) is 12.8 Å². The summed E-state index contributed by atoms with van der Waals surface area (Å²) >= 11 is 0. The molecule has 1 saturated carbocycles. The van der Waals surface area contributed by atoms with Gasteiger partial charge in [-0.15, -0.1) is 0 Å². The molecule has 0 aromatic rings. The van der Waals surface area contributed by atoms with E-state index in [0.717, 1.165) is 6.42 Å². The van der Waals surface area contributed by atoms with Gasteiger partial charge >= 0.3 is 39.3 Å². The van der Waals surface area contributed by atoms with Crippen LogP contribution >= 0.6 is 0 Å². The monoisotopic (exact) mass is 454 g/mol. The van der Waals surface area contributed by atoms with Crippen LogP contribution in [-0.2, 0) is 33.9 Å². The molecule has 1 aliphatic carbocycles. The lowest BCUT2D eigenvalue weighted by Gasteiger charge is -2.33. The lowest BCUT2D eigenvalue weighted by Crippen LogP contribution is -2.58. The van der Waals surface area contributed by atoms with Crippen molar-refractivity contribution in [3.8, 4) is 0 Å². The van der Waals surface area contributed by atoms with Gasteiger partial charge in [0.05, 0.1) is 25.2 Å². The highest BCUT2D eigenvalue weighted by Crippen LogP contribution is 2.39. The van der Waals surface area contributed by atoms with Gasteiger partial charge in [-0.3, -0.25) is 9.35 Å². The molecule has 0 bridgehead atoms. The lowest BCUT2D eigenvalue weighted by molar-refractivity contribution is -0.356. The summed E-state index contributed by atoms with van der Waals surface area (Å²) in [7, 11) is -5.96. The molecule has 1 aliphatic rings. The van der Waals surface area contributed by atoms with Crippen LogP contribution in [0.1, 0.15) is 38.5 Å². The molecule has 0 aromatic heterocycles. The summed E-state index contributed by atoms with van der Waals surface area (Å²) in [6, 6.07) is 0. The van der Waals surface area contributed by atoms with E-state index in [-0.39, 0.29) is 19.1 Å². The molecule has 1 rings (SSSR count). The molecule has 168 valence electrons. The second-order valence-electron chi connectivity index (χ2n) is 6.15. The van der Waals surface area contributed by atoms with E-state index in [1.54, 1.807) is 0 Å². The first-order valence-electron chi connectivity index (χ1n) is 8.28. The van der Waals surface area contributed by atoms with Gasteiger partial charge in [-0.25, -0.2) is 4.79 Å². The van der Waals surface area contributed by atoms with Gasteiger partial charge in [0.1, 0.15) is 0 Å². The molecule has 0 aliphatic heterocycles. The standard InChI is InChI=1S/C15H19F5O8S/c1-2-26-12(22)14(15(18,19)20,27-9-8-13(16,17)29(23,24)25)28-11(21)10-6-4-3-5-7-10/h2,10H,1,3-9H2,(H,23,24,25). The van der Waals surface area contributed by atoms with Crippen molar-refractivity contribution >= 4 is 22.1 Å². The number of rotatable bonds is 9. The van der Waals surface area contributed by atoms with Crippen LogP contribution in [0.15, 0.2) is 12.8 Å². The maximum atomic E-state index is 13.6. The largest absolute Gasteiger partial charge is 0.468 e. The van der Waals surface area contributed by atoms with Crippen LogP contribution in [0.2, 0.25) is 0 Å². The molecule has 1 N–H and O–H groups in total. The molecule has 0 saturated heterocycles. The van der Waals surface area contributed by atoms with E-state index in [2.05, 4.69) is 20.8 Å². The SMILES string of the molecule is C=COC(=O)C(OCCC(F)(F)S(=O)(=O)O)(OC(=O)C1CCCCC1)C(F)(F)F. The van der Waals surface area contributed by atoms with Gasteiger partial charge in [0.2, 0.25) is 0 Å². The molecular formula is C15H19F5O8S. The van der Waals surface area contributed by atoms with Gasteiger partial charge in [0.25, 0.3) is 0 Å². The van der Waals surface area contributed by atoms with Gasteiger partial charge in [0.15, 0.2) is 0 Å². The average molecular weight is 454 g/mol. The van der Waals surface area contributed by atoms with E-state index in [1.165, 1.54) is 0 Å². The Labute approximate surface area is 162 Å². The van der Waals surface area contributed by atoms with Gasteiger partial charge < -0.3 is 14.2 Å². The Morgan fingerprint density at radius 3 is 2.10 bits per heavy atom. The molecule has 0 radical (unpaired) electrons. The highest BCUT2D eigenvalue weighted by atomic mass is 32.2. The summed E-state index contributed by atoms with van der Waals surface area (Å²) in [5, 5.41) is -4.87. The van der Waals surface area contributed by atoms with Crippen LogP contribution in [0.5, 0.6) is 0 Å². The van der Waals surface area contributed by atoms with Crippen LogP contribution in [0.3, 0.4) is 0 Å². The molecule has 8 nitrogen and oxygen atoms in total. The van der Waals surface area contributed by atoms with Gasteiger partial charge in [0, 0.05) is 0 Å². The Kier molecular flexibility index (Phi) is 8.13. The predicted octanol–water partition coefficient (Wildman–Crippen LogP) is 2.94. The van der Waals surface area contributed by atoms with Crippen LogP contribution in [0.4, 0.5) is 22.0 Å². The highest BCUT2D eigenvalue weighted by molar-refractivity contribution is 7.86. The molecule has 0 heterocycles. The smallest absolute Gasteiger partial charge is 0.430 e. The number of halogens is 5. The number of alkyl halides is 5. The number of carbonyl (C=O) groups excluding carboxylic acids is 2. The van der Waals surface area contributed by atoms with Gasteiger partial charge in [-0.2, -0.15) is 30.4 Å². The van der Waals surface area contributed by atoms with Crippen molar-refractivity contribution in [3.05, 3.63) is 12.8 Å². The molecular weight excluding hydrogens is 435 g/mol. The Morgan fingerprint density at radius 2 is 1.66 bits per heavy atom. The fourth-order valence-corrected chi connectivity index (χ4v) is 2.89. The normalized spacial score (nSPS) is 18.6. The first kappa shape index (κ1) is 25.2. The molecule has 1 unspecified atom stereocenters. The maximum Gasteiger partial charge on any atom is 0.468 e. The topological polar surface area (TPSA) is 116 Å². The molecule has 0 amide bonds. The summed E-state index contributed by atoms with van der Waals surface area (Å²) in [5.74, 6) is -9.18. The minimum Gasteiger partial charge on any atom is -0.430 e. The summed E-state index contributed by atoms with van der Waals surface area (Å²) in [4.78, 5) is 24.1. The Hall–Kier alpha value is -1.80. The first-order chi connectivity index (χ1) is 13.2. The van der Waals surface area contributed by atoms with Crippen molar-refractivity contribution in [2.24, 2.45) is 5.92 Å². The Bertz CT molecular complexity index is 715. The molecule has 0 spiro atoms. The minimum absolute atomic E-state index is 0.185. The Balaban J connectivity index is 3.15. The van der Waals surface area contributed by atoms with Crippen molar-refractivity contribution in [3.63, 3.8) is 0 Å². The van der Waals surface area contributed by atoms with Crippen molar-refractivity contribution < 1.29 is 58.7 Å². The third-order valence-corrected chi connectivity index (χ3v) is 5.05. The summed E-state index contributed by atoms with van der Waals surface area (Å²) in [5.41, 5.74) is 0. The fraction of sp³-hybridized carbons (Fsp3) is 0.733. The van der Waals surface area contributed by atoms with E-state index in [4.69, 9.17) is 4.55 Å². The number of carbonyl (C=O) groups is 2. The number of hydrogen-bond donors (Lipinski definition) is 1. The molecule has 14 heteroatoms. The van der Waals surface area contributed by atoms with Crippen LogP contribution in [-0.4, -0.2) is 48.7 Å². The molecule has 1 atom stereocenters. The van der Waals surface area contributed by atoms with E-state index in [1.807, 2.05) is 0 Å². The summed E-state index contributed by atoms with van der Waals surface area (Å²) in [6.07, 6.45) is -5.30. The Morgan fingerprint density at radius 1 is 1.10 bits per heavy atom. The number of ether oxygens (including phenoxy) is 3. The highest BCUT2D eigenvalue weighted by Gasteiger charge is 2.68. The molecule has 0 aromatic carbocycles. The average Bonchev–Trinajstić information content (AvgIpc) is 2.59. The van der Waals surface area contributed by atoms with Crippen molar-refractivity contribution in [2.45, 2.75) is 55.7 Å². The number of hydrogen-bond acceptors (Lipinski definition) is 7. The zero-order chi connectivity index (χ0) is 22.5. The number of esters is 2. The third-order valence-electron chi connectivity index (χ3n) is 4.09. The lowest BCUT2D eigenvalue weighted by atomic mass is 9.89. The van der Waals surface area contributed by atoms with Crippen molar-refractivity contribution in [1.29, 1.82) is 0 Å². The van der Waals surface area contributed by atoms with E-state index in [9.17, 15) is 40.0 Å². The van der Waals surface area contributed by atoms with E-state index in [0.29, 0.717) is 12.8 Å². The molecule has 29 heavy (non-hydrogen) atoms. The second kappa shape index (κ2) is 9.34. The summed E-state index contributed by atoms with van der Waals surface area (Å²) in [6.45, 7) is 1.14. The van der Waals surface area contributed by atoms with Crippen molar-refractivity contribution in [2.75, 3.05) is 6.61 Å². The zero-order valence-corrected chi connectivity index (χ0v) is 15.7. The second-order valence-corrected chi connectivity index (χ2v) is 7.70. The minimum atomic E-state index is -5.96. The van der Waals surface area contributed by atoms with E-state index >= 15 is 0 Å². The summed E-state index contributed by atoms with van der Waals surface area (Å²) < 4.78 is 109. The molecule has 1 fully saturated rings. The van der Waals surface area contributed by atoms with Crippen LogP contribution < -0.4 is 0 Å². The van der Waals surface area contributed by atoms with Crippen LogP contribution in [0, 0.1) is 5.92 Å². The van der Waals surface area contributed by atoms with Crippen LogP contribution in [0.25, 0.3) is 0 Å². The van der Waals surface area contributed by atoms with E-state index < -0.39 is 58.2 Å². The fourth-order valence-electron chi connectivity index (χ4n) is 2.54. The maximum absolute atomic E-state index is 13.6. The first-order valence-corrected chi connectivity index (χ1v) is 9.72. The zero-order valence-electron chi connectivity index (χ0n) is 14.9. The predicted molar refractivity (Wildman–Crippen MR) is 84.8 cm³/mol. The van der Waals surface area contributed by atoms with Gasteiger partial charge in [-0.1, -0.05) is 25.8 Å².